The van der Waals surface area contributed by atoms with Crippen molar-refractivity contribution in [1.29, 1.82) is 0 Å². The molecule has 0 saturated carbocycles. The van der Waals surface area contributed by atoms with Gasteiger partial charge >= 0.3 is 5.97 Å². The Morgan fingerprint density at radius 3 is 2.41 bits per heavy atom. The van der Waals surface area contributed by atoms with E-state index in [1.807, 2.05) is 45.0 Å². The van der Waals surface area contributed by atoms with Crippen molar-refractivity contribution in [2.45, 2.75) is 52.7 Å². The van der Waals surface area contributed by atoms with E-state index in [0.717, 1.165) is 29.5 Å². The summed E-state index contributed by atoms with van der Waals surface area (Å²) in [7, 11) is 3.88. The van der Waals surface area contributed by atoms with Crippen LogP contribution in [0.1, 0.15) is 51.0 Å². The second-order valence-electron chi connectivity index (χ2n) is 7.23. The van der Waals surface area contributed by atoms with Gasteiger partial charge in [0.05, 0.1) is 17.7 Å². The predicted octanol–water partition coefficient (Wildman–Crippen LogP) is 4.24. The van der Waals surface area contributed by atoms with Gasteiger partial charge in [0.2, 0.25) is 0 Å². The van der Waals surface area contributed by atoms with Gasteiger partial charge in [0, 0.05) is 24.1 Å². The molecule has 150 valence electrons. The van der Waals surface area contributed by atoms with Crippen molar-refractivity contribution in [3.63, 3.8) is 0 Å². The number of carbonyl (C=O) groups excluding carboxylic acids is 1. The van der Waals surface area contributed by atoms with Gasteiger partial charge in [0.25, 0.3) is 0 Å². The van der Waals surface area contributed by atoms with Crippen LogP contribution in [0.3, 0.4) is 0 Å². The third kappa shape index (κ3) is 5.89. The largest absolute Gasteiger partial charge is 0.490 e. The minimum Gasteiger partial charge on any atom is -0.490 e. The number of aromatic nitrogens is 1. The lowest BCUT2D eigenvalue weighted by Crippen LogP contribution is -2.20. The highest BCUT2D eigenvalue weighted by atomic mass is 16.5. The smallest absolute Gasteiger partial charge is 0.354 e. The molecule has 1 aromatic heterocycles. The third-order valence-corrected chi connectivity index (χ3v) is 4.24. The number of carbonyl (C=O) groups is 1. The summed E-state index contributed by atoms with van der Waals surface area (Å²) in [6.45, 7) is 9.19. The maximum atomic E-state index is 12.3. The first-order valence-corrected chi connectivity index (χ1v) is 9.65. The Balaban J connectivity index is 2.31. The lowest BCUT2D eigenvalue weighted by atomic mass is 10.2. The van der Waals surface area contributed by atoms with Gasteiger partial charge in [-0.1, -0.05) is 13.8 Å². The first-order chi connectivity index (χ1) is 12.8. The highest BCUT2D eigenvalue weighted by Gasteiger charge is 2.17. The summed E-state index contributed by atoms with van der Waals surface area (Å²) >= 11 is 0. The molecular weight excluding hydrogens is 344 g/mol. The van der Waals surface area contributed by atoms with Crippen LogP contribution < -0.4 is 9.47 Å². The molecule has 2 aromatic rings. The van der Waals surface area contributed by atoms with Crippen molar-refractivity contribution in [3.05, 3.63) is 23.9 Å². The van der Waals surface area contributed by atoms with Gasteiger partial charge in [-0.05, 0) is 46.9 Å². The van der Waals surface area contributed by atoms with Gasteiger partial charge in [-0.2, -0.15) is 0 Å². The average molecular weight is 376 g/mol. The predicted molar refractivity (Wildman–Crippen MR) is 108 cm³/mol. The van der Waals surface area contributed by atoms with Crippen molar-refractivity contribution in [1.82, 2.24) is 9.88 Å². The number of aromatic amines is 1. The zero-order chi connectivity index (χ0) is 20.0. The van der Waals surface area contributed by atoms with Crippen LogP contribution in [0.2, 0.25) is 0 Å². The summed E-state index contributed by atoms with van der Waals surface area (Å²) in [5, 5.41) is 0.847. The number of esters is 1. The van der Waals surface area contributed by atoms with E-state index in [1.165, 1.54) is 0 Å². The summed E-state index contributed by atoms with van der Waals surface area (Å²) in [6.07, 6.45) is 2.04. The number of H-pyrrole nitrogens is 1. The van der Waals surface area contributed by atoms with Gasteiger partial charge in [-0.15, -0.1) is 0 Å². The van der Waals surface area contributed by atoms with E-state index in [4.69, 9.17) is 14.2 Å². The summed E-state index contributed by atoms with van der Waals surface area (Å²) in [5.74, 6) is 1.07. The Morgan fingerprint density at radius 2 is 1.81 bits per heavy atom. The fraction of sp³-hybridized carbons (Fsp3) is 0.571. The Hall–Kier alpha value is -2.21. The SMILES string of the molecule is CCC(CC)Oc1cc(OC(C)C)c2cc(C(=O)OCCN(C)C)[nH]c2c1. The van der Waals surface area contributed by atoms with E-state index >= 15 is 0 Å². The minimum atomic E-state index is -0.369. The van der Waals surface area contributed by atoms with Gasteiger partial charge in [0.1, 0.15) is 23.8 Å². The quantitative estimate of drug-likeness (QED) is 0.628. The van der Waals surface area contributed by atoms with Crippen molar-refractivity contribution in [3.8, 4) is 11.5 Å². The number of ether oxygens (including phenoxy) is 3. The molecular formula is C21H32N2O4. The molecule has 0 aliphatic heterocycles. The molecule has 0 amide bonds. The van der Waals surface area contributed by atoms with Crippen LogP contribution in [0, 0.1) is 0 Å². The van der Waals surface area contributed by atoms with Gasteiger partial charge in [-0.25, -0.2) is 4.79 Å². The average Bonchev–Trinajstić information content (AvgIpc) is 3.03. The normalized spacial score (nSPS) is 11.6. The number of hydrogen-bond acceptors (Lipinski definition) is 5. The van der Waals surface area contributed by atoms with Crippen molar-refractivity contribution in [2.75, 3.05) is 27.2 Å². The van der Waals surface area contributed by atoms with Crippen LogP contribution in [0.25, 0.3) is 10.9 Å². The number of nitrogens with zero attached hydrogens (tertiary/aromatic N) is 1. The molecule has 6 heteroatoms. The molecule has 1 N–H and O–H groups in total. The van der Waals surface area contributed by atoms with Gasteiger partial charge < -0.3 is 24.1 Å². The summed E-state index contributed by atoms with van der Waals surface area (Å²) in [5.41, 5.74) is 1.21. The Labute approximate surface area is 161 Å². The van der Waals surface area contributed by atoms with E-state index in [0.29, 0.717) is 24.6 Å². The number of nitrogens with one attached hydrogen (secondary N) is 1. The Kier molecular flexibility index (Phi) is 7.54. The highest BCUT2D eigenvalue weighted by Crippen LogP contribution is 2.33. The summed E-state index contributed by atoms with van der Waals surface area (Å²) < 4.78 is 17.4. The fourth-order valence-corrected chi connectivity index (χ4v) is 2.76. The molecule has 0 spiro atoms. The lowest BCUT2D eigenvalue weighted by molar-refractivity contribution is 0.0476. The van der Waals surface area contributed by atoms with Gasteiger partial charge in [-0.3, -0.25) is 0 Å². The molecule has 27 heavy (non-hydrogen) atoms. The number of likely N-dealkylation sites (N-methyl/N-ethyl adjacent to an activating group) is 1. The molecule has 1 aromatic carbocycles. The maximum Gasteiger partial charge on any atom is 0.354 e. The van der Waals surface area contributed by atoms with E-state index in [-0.39, 0.29) is 18.2 Å². The van der Waals surface area contributed by atoms with Crippen molar-refractivity contribution in [2.24, 2.45) is 0 Å². The molecule has 0 unspecified atom stereocenters. The number of rotatable bonds is 10. The van der Waals surface area contributed by atoms with Crippen molar-refractivity contribution >= 4 is 16.9 Å². The summed E-state index contributed by atoms with van der Waals surface area (Å²) in [6, 6.07) is 5.60. The number of hydrogen-bond donors (Lipinski definition) is 1. The van der Waals surface area contributed by atoms with Crippen LogP contribution in [0.5, 0.6) is 11.5 Å². The Morgan fingerprint density at radius 1 is 1.11 bits per heavy atom. The fourth-order valence-electron chi connectivity index (χ4n) is 2.76. The van der Waals surface area contributed by atoms with Crippen LogP contribution >= 0.6 is 0 Å². The number of fused-ring (bicyclic) bond motifs is 1. The molecule has 0 aliphatic carbocycles. The van der Waals surface area contributed by atoms with E-state index in [9.17, 15) is 4.79 Å². The maximum absolute atomic E-state index is 12.3. The summed E-state index contributed by atoms with van der Waals surface area (Å²) in [4.78, 5) is 17.5. The van der Waals surface area contributed by atoms with Crippen LogP contribution in [-0.4, -0.2) is 55.3 Å². The minimum absolute atomic E-state index is 0.0157. The van der Waals surface area contributed by atoms with Crippen molar-refractivity contribution < 1.29 is 19.0 Å². The van der Waals surface area contributed by atoms with Crippen LogP contribution in [-0.2, 0) is 4.74 Å². The lowest BCUT2D eigenvalue weighted by Gasteiger charge is -2.18. The molecule has 0 atom stereocenters. The molecule has 6 nitrogen and oxygen atoms in total. The van der Waals surface area contributed by atoms with E-state index in [2.05, 4.69) is 18.8 Å². The monoisotopic (exact) mass is 376 g/mol. The molecule has 1 heterocycles. The zero-order valence-electron chi connectivity index (χ0n) is 17.3. The first kappa shape index (κ1) is 21.1. The van der Waals surface area contributed by atoms with Crippen LogP contribution in [0.4, 0.5) is 0 Å². The number of benzene rings is 1. The van der Waals surface area contributed by atoms with Gasteiger partial charge in [0.15, 0.2) is 0 Å². The Bertz CT molecular complexity index is 748. The molecule has 0 bridgehead atoms. The first-order valence-electron chi connectivity index (χ1n) is 9.65. The second-order valence-corrected chi connectivity index (χ2v) is 7.23. The van der Waals surface area contributed by atoms with E-state index < -0.39 is 0 Å². The molecule has 0 radical (unpaired) electrons. The zero-order valence-corrected chi connectivity index (χ0v) is 17.3. The molecule has 2 rings (SSSR count). The third-order valence-electron chi connectivity index (χ3n) is 4.24. The standard InChI is InChI=1S/C21H32N2O4/c1-7-15(8-2)27-16-11-18-17(20(12-16)26-14(3)4)13-19(22-18)21(24)25-10-9-23(5)6/h11-15,22H,7-10H2,1-6H3. The van der Waals surface area contributed by atoms with Crippen LogP contribution in [0.15, 0.2) is 18.2 Å². The molecule has 0 saturated heterocycles. The molecule has 0 fully saturated rings. The topological polar surface area (TPSA) is 63.8 Å². The van der Waals surface area contributed by atoms with E-state index in [1.54, 1.807) is 6.07 Å². The highest BCUT2D eigenvalue weighted by molar-refractivity contribution is 5.97. The molecule has 0 aliphatic rings. The second kappa shape index (κ2) is 9.65.